The van der Waals surface area contributed by atoms with Crippen LogP contribution in [-0.4, -0.2) is 10.8 Å². The molecule has 1 amide bonds. The number of anilines is 1. The van der Waals surface area contributed by atoms with Crippen molar-refractivity contribution in [2.24, 2.45) is 0 Å². The second-order valence-electron chi connectivity index (χ2n) is 5.13. The maximum Gasteiger partial charge on any atom is 0.255 e. The second-order valence-corrected chi connectivity index (χ2v) is 5.50. The zero-order chi connectivity index (χ0) is 14.3. The van der Waals surface area contributed by atoms with Crippen molar-refractivity contribution >= 4 is 23.2 Å². The highest BCUT2D eigenvalue weighted by atomic mass is 35.5. The fraction of sp³-hybridized carbons (Fsp3) is 0.188. The molecule has 0 bridgehead atoms. The Balaban J connectivity index is 1.89. The normalized spacial score (nSPS) is 13.4. The summed E-state index contributed by atoms with van der Waals surface area (Å²) >= 11 is 6.24. The van der Waals surface area contributed by atoms with Gasteiger partial charge in [-0.05, 0) is 41.8 Å². The van der Waals surface area contributed by atoms with Crippen molar-refractivity contribution in [3.8, 4) is 0 Å². The minimum Gasteiger partial charge on any atom is -0.399 e. The predicted molar refractivity (Wildman–Crippen MR) is 80.6 cm³/mol. The third-order valence-electron chi connectivity index (χ3n) is 3.66. The van der Waals surface area contributed by atoms with Crippen molar-refractivity contribution in [2.75, 3.05) is 5.73 Å². The van der Waals surface area contributed by atoms with Crippen LogP contribution >= 0.6 is 11.6 Å². The minimum absolute atomic E-state index is 0.0338. The third kappa shape index (κ3) is 2.14. The highest BCUT2D eigenvalue weighted by Crippen LogP contribution is 2.28. The first-order chi connectivity index (χ1) is 9.56. The maximum absolute atomic E-state index is 12.6. The van der Waals surface area contributed by atoms with Gasteiger partial charge in [0.15, 0.2) is 0 Å². The van der Waals surface area contributed by atoms with Crippen LogP contribution < -0.4 is 5.73 Å². The highest BCUT2D eigenvalue weighted by molar-refractivity contribution is 6.34. The second kappa shape index (κ2) is 4.84. The van der Waals surface area contributed by atoms with Crippen molar-refractivity contribution in [1.29, 1.82) is 0 Å². The summed E-state index contributed by atoms with van der Waals surface area (Å²) in [6.45, 7) is 3.10. The number of nitrogens with zero attached hydrogens (tertiary/aromatic N) is 1. The number of amides is 1. The van der Waals surface area contributed by atoms with E-state index in [0.29, 0.717) is 23.7 Å². The summed E-state index contributed by atoms with van der Waals surface area (Å²) in [5.74, 6) is -0.0338. The van der Waals surface area contributed by atoms with Crippen LogP contribution in [0.5, 0.6) is 0 Å². The molecule has 1 heterocycles. The van der Waals surface area contributed by atoms with E-state index in [-0.39, 0.29) is 5.91 Å². The summed E-state index contributed by atoms with van der Waals surface area (Å²) in [6, 6.07) is 11.3. The number of nitrogens with two attached hydrogens (primary N) is 1. The molecular formula is C16H15ClN2O. The molecule has 20 heavy (non-hydrogen) atoms. The molecule has 2 aromatic carbocycles. The Morgan fingerprint density at radius 1 is 1.20 bits per heavy atom. The van der Waals surface area contributed by atoms with E-state index in [4.69, 9.17) is 17.3 Å². The topological polar surface area (TPSA) is 46.3 Å². The third-order valence-corrected chi connectivity index (χ3v) is 4.16. The van der Waals surface area contributed by atoms with Crippen LogP contribution in [0.1, 0.15) is 27.0 Å². The van der Waals surface area contributed by atoms with Gasteiger partial charge in [-0.15, -0.1) is 0 Å². The fourth-order valence-electron chi connectivity index (χ4n) is 2.54. The van der Waals surface area contributed by atoms with Gasteiger partial charge >= 0.3 is 0 Å². The molecule has 0 aromatic heterocycles. The molecule has 0 spiro atoms. The van der Waals surface area contributed by atoms with E-state index in [0.717, 1.165) is 22.4 Å². The number of aryl methyl sites for hydroxylation is 1. The first kappa shape index (κ1) is 13.0. The lowest BCUT2D eigenvalue weighted by molar-refractivity contribution is 0.0751. The molecule has 4 heteroatoms. The van der Waals surface area contributed by atoms with Crippen LogP contribution in [0, 0.1) is 6.92 Å². The Labute approximate surface area is 123 Å². The Bertz CT molecular complexity index is 697. The first-order valence-electron chi connectivity index (χ1n) is 6.48. The molecule has 0 saturated heterocycles. The number of nitrogen functional groups attached to an aromatic ring is 1. The number of hydrogen-bond acceptors (Lipinski definition) is 2. The van der Waals surface area contributed by atoms with E-state index in [1.165, 1.54) is 0 Å². The fourth-order valence-corrected chi connectivity index (χ4v) is 2.75. The minimum atomic E-state index is -0.0338. The summed E-state index contributed by atoms with van der Waals surface area (Å²) in [5.41, 5.74) is 10.3. The number of rotatable bonds is 1. The van der Waals surface area contributed by atoms with Gasteiger partial charge in [-0.3, -0.25) is 4.79 Å². The average molecular weight is 287 g/mol. The SMILES string of the molecule is Cc1cccc(C(=O)N2Cc3ccc(N)cc3C2)c1Cl. The largest absolute Gasteiger partial charge is 0.399 e. The smallest absolute Gasteiger partial charge is 0.255 e. The Morgan fingerprint density at radius 3 is 2.75 bits per heavy atom. The molecule has 1 aliphatic rings. The predicted octanol–water partition coefficient (Wildman–Crippen LogP) is 3.39. The lowest BCUT2D eigenvalue weighted by Crippen LogP contribution is -2.25. The van der Waals surface area contributed by atoms with Crippen LogP contribution in [0.2, 0.25) is 5.02 Å². The van der Waals surface area contributed by atoms with Crippen molar-refractivity contribution in [3.05, 3.63) is 63.7 Å². The van der Waals surface area contributed by atoms with Crippen LogP contribution in [0.25, 0.3) is 0 Å². The molecule has 2 aromatic rings. The molecule has 3 nitrogen and oxygen atoms in total. The van der Waals surface area contributed by atoms with Gasteiger partial charge in [0.1, 0.15) is 0 Å². The van der Waals surface area contributed by atoms with Crippen molar-refractivity contribution < 1.29 is 4.79 Å². The monoisotopic (exact) mass is 286 g/mol. The van der Waals surface area contributed by atoms with Crippen molar-refractivity contribution in [1.82, 2.24) is 4.90 Å². The van der Waals surface area contributed by atoms with E-state index in [1.807, 2.05) is 37.3 Å². The number of carbonyl (C=O) groups excluding carboxylic acids is 1. The van der Waals surface area contributed by atoms with Gasteiger partial charge in [0, 0.05) is 18.8 Å². The van der Waals surface area contributed by atoms with Gasteiger partial charge in [0.05, 0.1) is 10.6 Å². The van der Waals surface area contributed by atoms with Gasteiger partial charge in [0.2, 0.25) is 0 Å². The van der Waals surface area contributed by atoms with Crippen LogP contribution in [0.3, 0.4) is 0 Å². The number of hydrogen-bond donors (Lipinski definition) is 1. The molecule has 0 unspecified atom stereocenters. The van der Waals surface area contributed by atoms with Gasteiger partial charge in [-0.2, -0.15) is 0 Å². The van der Waals surface area contributed by atoms with Crippen molar-refractivity contribution in [2.45, 2.75) is 20.0 Å². The lowest BCUT2D eigenvalue weighted by Gasteiger charge is -2.16. The maximum atomic E-state index is 12.6. The zero-order valence-corrected chi connectivity index (χ0v) is 11.9. The Kier molecular flexibility index (Phi) is 3.14. The first-order valence-corrected chi connectivity index (χ1v) is 6.85. The number of benzene rings is 2. The molecule has 2 N–H and O–H groups in total. The van der Waals surface area contributed by atoms with Crippen LogP contribution in [0.15, 0.2) is 36.4 Å². The van der Waals surface area contributed by atoms with Crippen molar-refractivity contribution in [3.63, 3.8) is 0 Å². The Hall–Kier alpha value is -2.00. The molecule has 0 saturated carbocycles. The Morgan fingerprint density at radius 2 is 1.95 bits per heavy atom. The van der Waals surface area contributed by atoms with E-state index in [9.17, 15) is 4.79 Å². The zero-order valence-electron chi connectivity index (χ0n) is 11.2. The van der Waals surface area contributed by atoms with Gasteiger partial charge in [0.25, 0.3) is 5.91 Å². The molecule has 3 rings (SSSR count). The van der Waals surface area contributed by atoms with Gasteiger partial charge < -0.3 is 10.6 Å². The molecule has 102 valence electrons. The lowest BCUT2D eigenvalue weighted by atomic mass is 10.1. The van der Waals surface area contributed by atoms with Gasteiger partial charge in [-0.1, -0.05) is 29.8 Å². The molecule has 0 fully saturated rings. The molecular weight excluding hydrogens is 272 g/mol. The summed E-state index contributed by atoms with van der Waals surface area (Å²) in [6.07, 6.45) is 0. The molecule has 0 radical (unpaired) electrons. The van der Waals surface area contributed by atoms with Crippen LogP contribution in [-0.2, 0) is 13.1 Å². The van der Waals surface area contributed by atoms with Crippen LogP contribution in [0.4, 0.5) is 5.69 Å². The average Bonchev–Trinajstić information content (AvgIpc) is 2.84. The number of carbonyl (C=O) groups is 1. The summed E-state index contributed by atoms with van der Waals surface area (Å²) in [5, 5.41) is 0.535. The van der Waals surface area contributed by atoms with Gasteiger partial charge in [-0.25, -0.2) is 0 Å². The summed E-state index contributed by atoms with van der Waals surface area (Å²) in [4.78, 5) is 14.4. The quantitative estimate of drug-likeness (QED) is 0.817. The summed E-state index contributed by atoms with van der Waals surface area (Å²) in [7, 11) is 0. The molecule has 1 aliphatic heterocycles. The molecule has 0 atom stereocenters. The van der Waals surface area contributed by atoms with E-state index in [1.54, 1.807) is 11.0 Å². The van der Waals surface area contributed by atoms with E-state index < -0.39 is 0 Å². The van der Waals surface area contributed by atoms with E-state index >= 15 is 0 Å². The standard InChI is InChI=1S/C16H15ClN2O/c1-10-3-2-4-14(15(10)17)16(20)19-8-11-5-6-13(18)7-12(11)9-19/h2-7H,8-9,18H2,1H3. The molecule has 0 aliphatic carbocycles. The summed E-state index contributed by atoms with van der Waals surface area (Å²) < 4.78 is 0. The number of fused-ring (bicyclic) bond motifs is 1. The van der Waals surface area contributed by atoms with E-state index in [2.05, 4.69) is 0 Å². The number of halogens is 1. The highest BCUT2D eigenvalue weighted by Gasteiger charge is 2.25.